The van der Waals surface area contributed by atoms with Crippen molar-refractivity contribution in [2.45, 2.75) is 16.2 Å². The number of nitrogen functional groups attached to an aromatic ring is 1. The van der Waals surface area contributed by atoms with Gasteiger partial charge < -0.3 is 31.0 Å². The molecular weight excluding hydrogens is 494 g/mol. The lowest BCUT2D eigenvalue weighted by molar-refractivity contribution is -0.151. The largest absolute Gasteiger partial charge is 0.480 e. The third-order valence-corrected chi connectivity index (χ3v) is 8.53. The van der Waals surface area contributed by atoms with Crippen LogP contribution in [0.1, 0.15) is 5.69 Å². The highest BCUT2D eigenvalue weighted by molar-refractivity contribution is 8.04. The Balaban J connectivity index is 1.76. The third-order valence-electron chi connectivity index (χ3n) is 4.51. The lowest BCUT2D eigenvalue weighted by Gasteiger charge is -2.53. The molecule has 2 aliphatic heterocycles. The summed E-state index contributed by atoms with van der Waals surface area (Å²) in [7, 11) is 0. The summed E-state index contributed by atoms with van der Waals surface area (Å²) in [4.78, 5) is 57.7. The number of carbonyl (C=O) groups excluding carboxylic acids is 2. The van der Waals surface area contributed by atoms with Crippen molar-refractivity contribution < 1.29 is 34.2 Å². The zero-order valence-electron chi connectivity index (χ0n) is 15.7. The number of carboxylic acids is 2. The first-order chi connectivity index (χ1) is 14.6. The number of halogens is 1. The molecule has 2 saturated heterocycles. The van der Waals surface area contributed by atoms with Crippen molar-refractivity contribution in [2.75, 3.05) is 30.9 Å². The Morgan fingerprint density at radius 2 is 2.19 bits per heavy atom. The number of fused-ring (bicyclic) bond motifs is 1. The Hall–Kier alpha value is -2.23. The number of anilines is 1. The number of thioether (sulfide) groups is 2. The van der Waals surface area contributed by atoms with E-state index in [0.29, 0.717) is 0 Å². The van der Waals surface area contributed by atoms with Gasteiger partial charge in [-0.05, 0) is 6.26 Å². The fraction of sp³-hybridized carbons (Fsp3) is 0.467. The van der Waals surface area contributed by atoms with Gasteiger partial charge in [-0.15, -0.1) is 23.5 Å². The Morgan fingerprint density at radius 1 is 1.48 bits per heavy atom. The van der Waals surface area contributed by atoms with Crippen LogP contribution in [0, 0.1) is 0 Å². The van der Waals surface area contributed by atoms with E-state index in [-0.39, 0.29) is 27.5 Å². The van der Waals surface area contributed by atoms with Crippen LogP contribution in [-0.4, -0.2) is 90.9 Å². The van der Waals surface area contributed by atoms with Crippen molar-refractivity contribution in [3.8, 4) is 0 Å². The van der Waals surface area contributed by atoms with Crippen LogP contribution in [0.3, 0.4) is 0 Å². The van der Waals surface area contributed by atoms with Gasteiger partial charge in [0.15, 0.2) is 10.8 Å². The van der Waals surface area contributed by atoms with Crippen molar-refractivity contribution >= 4 is 81.1 Å². The maximum absolute atomic E-state index is 12.8. The van der Waals surface area contributed by atoms with E-state index in [1.165, 1.54) is 16.7 Å². The predicted molar refractivity (Wildman–Crippen MR) is 115 cm³/mol. The lowest BCUT2D eigenvalue weighted by Crippen LogP contribution is -2.74. The maximum atomic E-state index is 12.8. The van der Waals surface area contributed by atoms with Gasteiger partial charge >= 0.3 is 11.9 Å². The zero-order valence-corrected chi connectivity index (χ0v) is 18.9. The number of oxime groups is 1. The molecule has 3 atom stereocenters. The number of aromatic nitrogens is 1. The number of hydrogen-bond acceptors (Lipinski definition) is 11. The number of carbonyl (C=O) groups is 4. The molecule has 2 amide bonds. The number of carboxylic acid groups (broad SMARTS) is 2. The van der Waals surface area contributed by atoms with Crippen LogP contribution < -0.4 is 11.1 Å². The minimum absolute atomic E-state index is 0.0173. The Morgan fingerprint density at radius 3 is 2.74 bits per heavy atom. The summed E-state index contributed by atoms with van der Waals surface area (Å²) < 4.78 is -1.08. The molecule has 31 heavy (non-hydrogen) atoms. The average molecular weight is 510 g/mol. The van der Waals surface area contributed by atoms with E-state index in [1.807, 2.05) is 0 Å². The quantitative estimate of drug-likeness (QED) is 0.206. The van der Waals surface area contributed by atoms with Gasteiger partial charge in [-0.25, -0.2) is 9.78 Å². The zero-order chi connectivity index (χ0) is 22.9. The van der Waals surface area contributed by atoms with Crippen molar-refractivity contribution in [3.05, 3.63) is 10.0 Å². The summed E-state index contributed by atoms with van der Waals surface area (Å²) in [6, 6.07) is -0.925. The molecule has 5 N–H and O–H groups in total. The molecule has 2 aliphatic rings. The number of aliphatic carboxylic acids is 2. The van der Waals surface area contributed by atoms with Crippen LogP contribution in [0.15, 0.2) is 5.16 Å². The molecule has 3 heterocycles. The second-order valence-corrected chi connectivity index (χ2v) is 10.3. The van der Waals surface area contributed by atoms with Gasteiger partial charge in [0.05, 0.1) is 0 Å². The van der Waals surface area contributed by atoms with Crippen LogP contribution in [0.25, 0.3) is 0 Å². The monoisotopic (exact) mass is 509 g/mol. The number of rotatable bonds is 8. The average Bonchev–Trinajstić information content (AvgIpc) is 3.05. The summed E-state index contributed by atoms with van der Waals surface area (Å²) in [5, 5.41) is 23.9. The van der Waals surface area contributed by atoms with Crippen LogP contribution >= 0.6 is 46.5 Å². The van der Waals surface area contributed by atoms with Gasteiger partial charge in [-0.2, -0.15) is 0 Å². The summed E-state index contributed by atoms with van der Waals surface area (Å²) in [6.45, 7) is -0.794. The topological polar surface area (TPSA) is 185 Å². The Bertz CT molecular complexity index is 973. The molecule has 1 aromatic heterocycles. The molecule has 0 aromatic carbocycles. The highest BCUT2D eigenvalue weighted by Gasteiger charge is 2.57. The van der Waals surface area contributed by atoms with Crippen LogP contribution in [0.4, 0.5) is 5.13 Å². The van der Waals surface area contributed by atoms with E-state index in [2.05, 4.69) is 20.3 Å². The molecule has 16 heteroatoms. The van der Waals surface area contributed by atoms with Gasteiger partial charge in [0, 0.05) is 12.3 Å². The number of nitrogens with zero attached hydrogens (tertiary/aromatic N) is 3. The summed E-state index contributed by atoms with van der Waals surface area (Å²) in [5.41, 5.74) is 5.05. The Kier molecular flexibility index (Phi) is 6.88. The summed E-state index contributed by atoms with van der Waals surface area (Å²) in [5.74, 6) is -3.38. The van der Waals surface area contributed by atoms with E-state index in [0.717, 1.165) is 23.1 Å². The van der Waals surface area contributed by atoms with Gasteiger partial charge in [0.25, 0.3) is 5.91 Å². The van der Waals surface area contributed by atoms with E-state index in [1.54, 1.807) is 6.26 Å². The minimum atomic E-state index is -1.31. The van der Waals surface area contributed by atoms with Gasteiger partial charge in [0.1, 0.15) is 26.2 Å². The summed E-state index contributed by atoms with van der Waals surface area (Å²) in [6.07, 6.45) is 1.67. The van der Waals surface area contributed by atoms with Gasteiger partial charge in [0.2, 0.25) is 12.5 Å². The van der Waals surface area contributed by atoms with E-state index in [9.17, 15) is 24.3 Å². The first kappa shape index (κ1) is 23.4. The smallest absolute Gasteiger partial charge is 0.344 e. The number of nitrogens with two attached hydrogens (primary N) is 1. The summed E-state index contributed by atoms with van der Waals surface area (Å²) >= 11 is 9.31. The highest BCUT2D eigenvalue weighted by Crippen LogP contribution is 2.43. The predicted octanol–water partition coefficient (Wildman–Crippen LogP) is -0.230. The van der Waals surface area contributed by atoms with Crippen molar-refractivity contribution in [3.63, 3.8) is 0 Å². The molecule has 3 rings (SSSR count). The maximum Gasteiger partial charge on any atom is 0.344 e. The van der Waals surface area contributed by atoms with Crippen LogP contribution in [0.5, 0.6) is 0 Å². The molecule has 2 unspecified atom stereocenters. The molecule has 0 spiro atoms. The molecular formula is C15H16ClN5O7S3. The van der Waals surface area contributed by atoms with E-state index >= 15 is 0 Å². The Labute approximate surface area is 192 Å². The number of thiazole rings is 1. The first-order valence-electron chi connectivity index (χ1n) is 8.45. The molecule has 0 aliphatic carbocycles. The van der Waals surface area contributed by atoms with Gasteiger partial charge in [-0.3, -0.25) is 14.4 Å². The molecule has 168 valence electrons. The van der Waals surface area contributed by atoms with Gasteiger partial charge in [-0.1, -0.05) is 28.1 Å². The SMILES string of the molecule is CSC1(C(=O)O)CS[C@@H]2C(NC(=O)C(=NOCC(=O)O)c3nc(N)sc3Cl)C(=O)N2C1. The second kappa shape index (κ2) is 9.10. The molecule has 0 radical (unpaired) electrons. The minimum Gasteiger partial charge on any atom is -0.480 e. The number of hydrogen-bond donors (Lipinski definition) is 4. The van der Waals surface area contributed by atoms with Crippen LogP contribution in [0.2, 0.25) is 4.34 Å². The number of amides is 2. The molecule has 1 aromatic rings. The number of β-lactam (4-membered cyclic amide) rings is 1. The van der Waals surface area contributed by atoms with Crippen LogP contribution in [-0.2, 0) is 24.0 Å². The lowest BCUT2D eigenvalue weighted by atomic mass is 10.0. The fourth-order valence-electron chi connectivity index (χ4n) is 2.91. The van der Waals surface area contributed by atoms with E-state index < -0.39 is 52.2 Å². The highest BCUT2D eigenvalue weighted by atomic mass is 35.5. The molecule has 12 nitrogen and oxygen atoms in total. The fourth-order valence-corrected chi connectivity index (χ4v) is 6.35. The van der Waals surface area contributed by atoms with Crippen molar-refractivity contribution in [1.82, 2.24) is 15.2 Å². The molecule has 0 bridgehead atoms. The first-order valence-corrected chi connectivity index (χ1v) is 11.9. The standard InChI is InChI=1S/C15H16ClN5O7S3/c1-29-15(13(26)27)3-21-11(25)8(12(21)30-4-15)18-10(24)7(20-28-2-5(22)23)6-9(16)31-14(17)19-6/h8,12H,2-4H2,1H3,(H2,17,19)(H,18,24)(H,22,23)(H,26,27)/t8?,12-,15?/m1/s1. The number of nitrogens with one attached hydrogen (secondary N) is 1. The second-order valence-electron chi connectivity index (χ2n) is 6.40. The molecule has 0 saturated carbocycles. The molecule has 2 fully saturated rings. The normalized spacial score (nSPS) is 25.4. The van der Waals surface area contributed by atoms with Crippen molar-refractivity contribution in [1.29, 1.82) is 0 Å². The van der Waals surface area contributed by atoms with E-state index in [4.69, 9.17) is 22.4 Å². The van der Waals surface area contributed by atoms with Crippen molar-refractivity contribution in [2.24, 2.45) is 5.16 Å². The third kappa shape index (κ3) is 4.53.